The van der Waals surface area contributed by atoms with E-state index in [0.29, 0.717) is 6.61 Å². The Hall–Kier alpha value is 1.37. The molecule has 0 spiro atoms. The second kappa shape index (κ2) is 3.67. The largest absolute Gasteiger partial charge is 2.00 e. The molecule has 4 nitrogen and oxygen atoms in total. The predicted octanol–water partition coefficient (Wildman–Crippen LogP) is -2.08. The minimum atomic E-state index is -4.28. The first-order valence-corrected chi connectivity index (χ1v) is 3.93. The van der Waals surface area contributed by atoms with E-state index in [4.69, 9.17) is 0 Å². The third kappa shape index (κ3) is 5.80. The summed E-state index contributed by atoms with van der Waals surface area (Å²) in [4.78, 5) is 19.7. The van der Waals surface area contributed by atoms with E-state index in [0.717, 1.165) is 0 Å². The standard InChI is InChI=1S/C3H7O4P.Ca/c4-8(5,6)2-3-1-7-3;/h3H,1-2H2,(H2,4,5,6);/q;+2/p-2. The molecule has 1 aliphatic rings. The third-order valence-corrected chi connectivity index (χ3v) is 1.68. The fourth-order valence-electron chi connectivity index (χ4n) is 0.423. The van der Waals surface area contributed by atoms with Gasteiger partial charge in [0.15, 0.2) is 0 Å². The third-order valence-electron chi connectivity index (χ3n) is 0.830. The zero-order valence-electron chi connectivity index (χ0n) is 4.78. The van der Waals surface area contributed by atoms with Crippen LogP contribution in [0.4, 0.5) is 0 Å². The molecular weight excluding hydrogens is 171 g/mol. The van der Waals surface area contributed by atoms with E-state index >= 15 is 0 Å². The van der Waals surface area contributed by atoms with Gasteiger partial charge in [0.05, 0.1) is 12.7 Å². The van der Waals surface area contributed by atoms with Gasteiger partial charge < -0.3 is 19.1 Å². The molecule has 0 radical (unpaired) electrons. The Kier molecular flexibility index (Phi) is 4.23. The molecule has 1 saturated heterocycles. The minimum Gasteiger partial charge on any atom is -0.811 e. The zero-order chi connectivity index (χ0) is 6.20. The summed E-state index contributed by atoms with van der Waals surface area (Å²) < 4.78 is 14.4. The summed E-state index contributed by atoms with van der Waals surface area (Å²) in [6.07, 6.45) is -0.636. The summed E-state index contributed by atoms with van der Waals surface area (Å²) in [5.41, 5.74) is 0. The van der Waals surface area contributed by atoms with Gasteiger partial charge in [0.2, 0.25) is 0 Å². The molecule has 0 aliphatic carbocycles. The number of hydrogen-bond donors (Lipinski definition) is 0. The van der Waals surface area contributed by atoms with E-state index in [1.807, 2.05) is 0 Å². The van der Waals surface area contributed by atoms with E-state index in [9.17, 15) is 14.4 Å². The van der Waals surface area contributed by atoms with Crippen molar-refractivity contribution in [2.45, 2.75) is 6.10 Å². The SMILES string of the molecule is O=P([O-])([O-])CC1CO1.[Ca+2]. The summed E-state index contributed by atoms with van der Waals surface area (Å²) in [5.74, 6) is 0. The summed E-state index contributed by atoms with van der Waals surface area (Å²) in [6.45, 7) is 0.425. The molecule has 0 saturated carbocycles. The molecule has 1 unspecified atom stereocenters. The van der Waals surface area contributed by atoms with Crippen molar-refractivity contribution >= 4 is 45.3 Å². The topological polar surface area (TPSA) is 75.7 Å². The summed E-state index contributed by atoms with van der Waals surface area (Å²) in [7, 11) is -4.28. The maximum atomic E-state index is 9.87. The molecule has 0 N–H and O–H groups in total. The average molecular weight is 176 g/mol. The molecule has 1 rings (SSSR count). The van der Waals surface area contributed by atoms with Crippen molar-refractivity contribution in [2.75, 3.05) is 12.8 Å². The molecular formula is C3H5CaO4P. The summed E-state index contributed by atoms with van der Waals surface area (Å²) in [5, 5.41) is 0. The molecule has 0 aromatic rings. The van der Waals surface area contributed by atoms with Crippen LogP contribution in [-0.2, 0) is 9.30 Å². The Balaban J connectivity index is 0.000000640. The number of hydrogen-bond acceptors (Lipinski definition) is 4. The van der Waals surface area contributed by atoms with Crippen molar-refractivity contribution in [3.05, 3.63) is 0 Å². The second-order valence-electron chi connectivity index (χ2n) is 1.75. The van der Waals surface area contributed by atoms with Crippen molar-refractivity contribution in [3.8, 4) is 0 Å². The first-order valence-electron chi connectivity index (χ1n) is 2.20. The van der Waals surface area contributed by atoms with E-state index in [1.54, 1.807) is 0 Å². The van der Waals surface area contributed by atoms with Gasteiger partial charge in [-0.25, -0.2) is 0 Å². The molecule has 48 valence electrons. The Morgan fingerprint density at radius 1 is 1.67 bits per heavy atom. The first kappa shape index (κ1) is 10.4. The minimum absolute atomic E-state index is 0. The number of rotatable bonds is 2. The molecule has 9 heavy (non-hydrogen) atoms. The van der Waals surface area contributed by atoms with Crippen LogP contribution in [0.15, 0.2) is 0 Å². The molecule has 1 atom stereocenters. The molecule has 0 amide bonds. The van der Waals surface area contributed by atoms with Crippen molar-refractivity contribution in [3.63, 3.8) is 0 Å². The Labute approximate surface area is 82.7 Å². The molecule has 1 heterocycles. The van der Waals surface area contributed by atoms with Crippen LogP contribution in [0.5, 0.6) is 0 Å². The molecule has 0 bridgehead atoms. The van der Waals surface area contributed by atoms with Crippen molar-refractivity contribution < 1.29 is 19.1 Å². The molecule has 0 aromatic carbocycles. The van der Waals surface area contributed by atoms with Gasteiger partial charge in [-0.3, -0.25) is 0 Å². The van der Waals surface area contributed by atoms with Gasteiger partial charge in [0.25, 0.3) is 0 Å². The number of ether oxygens (including phenoxy) is 1. The fraction of sp³-hybridized carbons (Fsp3) is 1.00. The van der Waals surface area contributed by atoms with Crippen LogP contribution in [0.1, 0.15) is 0 Å². The van der Waals surface area contributed by atoms with Gasteiger partial charge in [0, 0.05) is 6.16 Å². The van der Waals surface area contributed by atoms with E-state index in [1.165, 1.54) is 0 Å². The Morgan fingerprint density at radius 3 is 2.22 bits per heavy atom. The second-order valence-corrected chi connectivity index (χ2v) is 3.34. The van der Waals surface area contributed by atoms with E-state index < -0.39 is 7.60 Å². The fourth-order valence-corrected chi connectivity index (χ4v) is 1.13. The van der Waals surface area contributed by atoms with Gasteiger partial charge in [-0.05, 0) is 0 Å². The first-order chi connectivity index (χ1) is 3.58. The maximum Gasteiger partial charge on any atom is 2.00 e. The summed E-state index contributed by atoms with van der Waals surface area (Å²) >= 11 is 0. The Bertz CT molecular complexity index is 128. The van der Waals surface area contributed by atoms with E-state index in [2.05, 4.69) is 4.74 Å². The van der Waals surface area contributed by atoms with Gasteiger partial charge in [-0.15, -0.1) is 0 Å². The molecule has 1 fully saturated rings. The van der Waals surface area contributed by atoms with Crippen molar-refractivity contribution in [1.82, 2.24) is 0 Å². The quantitative estimate of drug-likeness (QED) is 0.275. The van der Waals surface area contributed by atoms with Crippen LogP contribution in [-0.4, -0.2) is 56.6 Å². The van der Waals surface area contributed by atoms with Crippen LogP contribution in [0.25, 0.3) is 0 Å². The van der Waals surface area contributed by atoms with Gasteiger partial charge >= 0.3 is 37.7 Å². The molecule has 6 heteroatoms. The van der Waals surface area contributed by atoms with Crippen LogP contribution in [0.2, 0.25) is 0 Å². The van der Waals surface area contributed by atoms with Crippen molar-refractivity contribution in [1.29, 1.82) is 0 Å². The van der Waals surface area contributed by atoms with Crippen molar-refractivity contribution in [2.24, 2.45) is 0 Å². The zero-order valence-corrected chi connectivity index (χ0v) is 7.88. The predicted molar refractivity (Wildman–Crippen MR) is 28.0 cm³/mol. The monoisotopic (exact) mass is 176 g/mol. The van der Waals surface area contributed by atoms with Crippen LogP contribution in [0, 0.1) is 0 Å². The van der Waals surface area contributed by atoms with Crippen LogP contribution >= 0.6 is 7.60 Å². The molecule has 1 aliphatic heterocycles. The summed E-state index contributed by atoms with van der Waals surface area (Å²) in [6, 6.07) is 0. The van der Waals surface area contributed by atoms with Gasteiger partial charge in [-0.1, -0.05) is 7.60 Å². The van der Waals surface area contributed by atoms with Crippen LogP contribution < -0.4 is 9.79 Å². The smallest absolute Gasteiger partial charge is 0.811 e. The normalized spacial score (nSPS) is 24.9. The maximum absolute atomic E-state index is 9.87. The average Bonchev–Trinajstić information content (AvgIpc) is 2.12. The Morgan fingerprint density at radius 2 is 2.11 bits per heavy atom. The molecule has 0 aromatic heterocycles. The van der Waals surface area contributed by atoms with Gasteiger partial charge in [0.1, 0.15) is 0 Å². The van der Waals surface area contributed by atoms with Crippen LogP contribution in [0.3, 0.4) is 0 Å². The number of epoxide rings is 1. The van der Waals surface area contributed by atoms with E-state index in [-0.39, 0.29) is 50.0 Å². The van der Waals surface area contributed by atoms with Gasteiger partial charge in [-0.2, -0.15) is 0 Å².